The molecule has 0 aliphatic rings. The first-order chi connectivity index (χ1) is 20.1. The number of benzene rings is 2. The van der Waals surface area contributed by atoms with Gasteiger partial charge in [-0.3, -0.25) is 13.9 Å². The van der Waals surface area contributed by atoms with Crippen molar-refractivity contribution in [2.45, 2.75) is 32.1 Å². The number of carbonyl (C=O) groups is 2. The summed E-state index contributed by atoms with van der Waals surface area (Å²) in [4.78, 5) is 30.7. The molecule has 0 saturated carbocycles. The van der Waals surface area contributed by atoms with Crippen molar-refractivity contribution in [3.63, 3.8) is 0 Å². The lowest BCUT2D eigenvalue weighted by Gasteiger charge is -2.17. The van der Waals surface area contributed by atoms with Gasteiger partial charge in [0.15, 0.2) is 0 Å². The Kier molecular flexibility index (Phi) is 11.4. The molecule has 0 radical (unpaired) electrons. The molecule has 0 bridgehead atoms. The molecule has 4 rings (SSSR count). The molecule has 2 aromatic carbocycles. The zero-order chi connectivity index (χ0) is 31.9. The molecule has 0 unspecified atom stereocenters. The number of anilines is 1. The fourth-order valence-corrected chi connectivity index (χ4v) is 5.25. The Labute approximate surface area is 253 Å². The molecule has 2 heterocycles. The molecule has 0 spiro atoms. The van der Waals surface area contributed by atoms with Gasteiger partial charge in [0.25, 0.3) is 0 Å². The first-order valence-electron chi connectivity index (χ1n) is 14.0. The van der Waals surface area contributed by atoms with Crippen LogP contribution in [0.2, 0.25) is 0 Å². The summed E-state index contributed by atoms with van der Waals surface area (Å²) in [6, 6.07) is 12.5. The maximum atomic E-state index is 12.1. The number of aromatic nitrogens is 2. The van der Waals surface area contributed by atoms with E-state index in [1.54, 1.807) is 7.05 Å². The van der Waals surface area contributed by atoms with Gasteiger partial charge in [0, 0.05) is 60.3 Å². The highest BCUT2D eigenvalue weighted by atomic mass is 32.2. The minimum absolute atomic E-state index is 0.296. The third-order valence-corrected chi connectivity index (χ3v) is 8.45. The zero-order valence-corrected chi connectivity index (χ0v) is 26.6. The van der Waals surface area contributed by atoms with Crippen LogP contribution in [-0.4, -0.2) is 105 Å². The van der Waals surface area contributed by atoms with E-state index in [0.717, 1.165) is 43.3 Å². The molecule has 0 amide bonds. The van der Waals surface area contributed by atoms with E-state index in [2.05, 4.69) is 72.4 Å². The highest BCUT2D eigenvalue weighted by Crippen LogP contribution is 2.30. The second kappa shape index (κ2) is 14.5. The van der Waals surface area contributed by atoms with Crippen molar-refractivity contribution < 1.29 is 28.2 Å². The summed E-state index contributed by atoms with van der Waals surface area (Å²) in [7, 11) is 6.63. The van der Waals surface area contributed by atoms with E-state index < -0.39 is 22.0 Å². The van der Waals surface area contributed by atoms with E-state index in [4.69, 9.17) is 10.2 Å². The number of aromatic amines is 2. The normalized spacial score (nSPS) is 11.7. The van der Waals surface area contributed by atoms with Gasteiger partial charge >= 0.3 is 11.9 Å². The summed E-state index contributed by atoms with van der Waals surface area (Å²) in [5.74, 6) is -2.15. The van der Waals surface area contributed by atoms with Crippen LogP contribution in [0.15, 0.2) is 42.6 Å². The van der Waals surface area contributed by atoms with Gasteiger partial charge in [-0.25, -0.2) is 8.42 Å². The number of rotatable bonds is 13. The topological polar surface area (TPSA) is 150 Å². The standard InChI is InChI=1S/C27H37N5O2S.C4H6O4/c1-30(2)13-11-20-18-28-25-9-7-19(15-23(20)25)16-27-22(12-14-31(3)4)24-17-21(8-10-26(24)29-27)32(5)35(6,33)34;5-3(6)1-2-4(7)8/h7-10,15,17-18,28-29H,11-14,16H2,1-6H3;1-2H2,(H,5,6)(H,7,8). The third-order valence-electron chi connectivity index (χ3n) is 7.24. The molecule has 4 N–H and O–H groups in total. The highest BCUT2D eigenvalue weighted by molar-refractivity contribution is 7.92. The molecule has 4 aromatic rings. The average molecular weight is 614 g/mol. The summed E-state index contributed by atoms with van der Waals surface area (Å²) >= 11 is 0. The van der Waals surface area contributed by atoms with Gasteiger partial charge < -0.3 is 30.0 Å². The van der Waals surface area contributed by atoms with E-state index >= 15 is 0 Å². The molecule has 43 heavy (non-hydrogen) atoms. The summed E-state index contributed by atoms with van der Waals surface area (Å²) in [5.41, 5.74) is 7.91. The van der Waals surface area contributed by atoms with Crippen molar-refractivity contribution in [3.05, 3.63) is 65.0 Å². The van der Waals surface area contributed by atoms with Crippen LogP contribution < -0.4 is 4.31 Å². The molecule has 0 aliphatic carbocycles. The quantitative estimate of drug-likeness (QED) is 0.178. The molecule has 0 atom stereocenters. The number of carboxylic acid groups (broad SMARTS) is 2. The second-order valence-corrected chi connectivity index (χ2v) is 13.3. The van der Waals surface area contributed by atoms with Crippen LogP contribution in [0.4, 0.5) is 5.69 Å². The molecule has 234 valence electrons. The largest absolute Gasteiger partial charge is 0.481 e. The Hall–Kier alpha value is -3.87. The predicted octanol–water partition coefficient (Wildman–Crippen LogP) is 3.78. The van der Waals surface area contributed by atoms with Crippen LogP contribution in [-0.2, 0) is 38.9 Å². The molecular formula is C31H43N5O6S. The van der Waals surface area contributed by atoms with E-state index in [0.29, 0.717) is 5.69 Å². The number of nitrogens with one attached hydrogen (secondary N) is 2. The minimum atomic E-state index is -3.33. The van der Waals surface area contributed by atoms with E-state index in [1.807, 2.05) is 18.2 Å². The van der Waals surface area contributed by atoms with E-state index in [1.165, 1.54) is 43.8 Å². The second-order valence-electron chi connectivity index (χ2n) is 11.3. The Morgan fingerprint density at radius 1 is 0.814 bits per heavy atom. The summed E-state index contributed by atoms with van der Waals surface area (Å²) in [6.45, 7) is 1.93. The third kappa shape index (κ3) is 9.57. The number of likely N-dealkylation sites (N-methyl/N-ethyl adjacent to an activating group) is 2. The van der Waals surface area contributed by atoms with Crippen molar-refractivity contribution in [1.82, 2.24) is 19.8 Å². The highest BCUT2D eigenvalue weighted by Gasteiger charge is 2.17. The van der Waals surface area contributed by atoms with Crippen molar-refractivity contribution in [1.29, 1.82) is 0 Å². The van der Waals surface area contributed by atoms with Gasteiger partial charge in [-0.15, -0.1) is 0 Å². The predicted molar refractivity (Wildman–Crippen MR) is 172 cm³/mol. The van der Waals surface area contributed by atoms with E-state index in [9.17, 15) is 18.0 Å². The summed E-state index contributed by atoms with van der Waals surface area (Å²) in [6.07, 6.45) is 5.45. The lowest BCUT2D eigenvalue weighted by atomic mass is 10.00. The average Bonchev–Trinajstić information content (AvgIpc) is 3.48. The monoisotopic (exact) mass is 613 g/mol. The summed E-state index contributed by atoms with van der Waals surface area (Å²) in [5, 5.41) is 18.2. The number of carboxylic acids is 2. The van der Waals surface area contributed by atoms with E-state index in [-0.39, 0.29) is 12.8 Å². The van der Waals surface area contributed by atoms with Crippen LogP contribution in [0.3, 0.4) is 0 Å². The number of fused-ring (bicyclic) bond motifs is 2. The molecular weight excluding hydrogens is 570 g/mol. The molecule has 11 nitrogen and oxygen atoms in total. The van der Waals surface area contributed by atoms with Gasteiger partial charge in [-0.05, 0) is 88.1 Å². The van der Waals surface area contributed by atoms with Gasteiger partial charge in [0.05, 0.1) is 24.8 Å². The van der Waals surface area contributed by atoms with Crippen LogP contribution in [0.25, 0.3) is 21.8 Å². The first-order valence-corrected chi connectivity index (χ1v) is 15.9. The Morgan fingerprint density at radius 2 is 1.42 bits per heavy atom. The number of nitrogens with zero attached hydrogens (tertiary/aromatic N) is 3. The smallest absolute Gasteiger partial charge is 0.303 e. The molecule has 0 saturated heterocycles. The van der Waals surface area contributed by atoms with Gasteiger partial charge in [-0.2, -0.15) is 0 Å². The SMILES string of the molecule is CN(C)CCc1c[nH]c2ccc(Cc3[nH]c4ccc(N(C)S(C)(=O)=O)cc4c3CCN(C)C)cc12.O=C(O)CCC(=O)O. The number of H-pyrrole nitrogens is 2. The maximum Gasteiger partial charge on any atom is 0.303 e. The van der Waals surface area contributed by atoms with Crippen molar-refractivity contribution >= 4 is 49.5 Å². The Bertz CT molecular complexity index is 1660. The number of sulfonamides is 1. The van der Waals surface area contributed by atoms with Crippen molar-refractivity contribution in [2.24, 2.45) is 0 Å². The summed E-state index contributed by atoms with van der Waals surface area (Å²) < 4.78 is 25.6. The fourth-order valence-electron chi connectivity index (χ4n) is 4.76. The van der Waals surface area contributed by atoms with Gasteiger partial charge in [0.2, 0.25) is 10.0 Å². The lowest BCUT2D eigenvalue weighted by Crippen LogP contribution is -2.24. The van der Waals surface area contributed by atoms with Crippen LogP contribution in [0, 0.1) is 0 Å². The van der Waals surface area contributed by atoms with Crippen LogP contribution in [0.1, 0.15) is 35.2 Å². The molecule has 0 fully saturated rings. The van der Waals surface area contributed by atoms with Crippen LogP contribution >= 0.6 is 0 Å². The Balaban J connectivity index is 0.000000557. The van der Waals surface area contributed by atoms with Crippen molar-refractivity contribution in [2.75, 3.05) is 58.9 Å². The first kappa shape index (κ1) is 33.6. The van der Waals surface area contributed by atoms with Crippen LogP contribution in [0.5, 0.6) is 0 Å². The van der Waals surface area contributed by atoms with Gasteiger partial charge in [-0.1, -0.05) is 6.07 Å². The number of hydrogen-bond acceptors (Lipinski definition) is 6. The van der Waals surface area contributed by atoms with Crippen molar-refractivity contribution in [3.8, 4) is 0 Å². The number of hydrogen-bond donors (Lipinski definition) is 4. The van der Waals surface area contributed by atoms with Gasteiger partial charge in [0.1, 0.15) is 0 Å². The minimum Gasteiger partial charge on any atom is -0.481 e. The lowest BCUT2D eigenvalue weighted by molar-refractivity contribution is -0.143. The molecule has 0 aliphatic heterocycles. The number of aliphatic carboxylic acids is 2. The fraction of sp³-hybridized carbons (Fsp3) is 0.419. The molecule has 2 aromatic heterocycles. The Morgan fingerprint density at radius 3 is 2.00 bits per heavy atom. The molecule has 12 heteroatoms. The zero-order valence-electron chi connectivity index (χ0n) is 25.8. The maximum absolute atomic E-state index is 12.1.